The Kier molecular flexibility index (Phi) is 8.19. The van der Waals surface area contributed by atoms with E-state index in [9.17, 15) is 15.8 Å². The molecule has 0 aliphatic carbocycles. The summed E-state index contributed by atoms with van der Waals surface area (Å²) < 4.78 is 13.7. The second kappa shape index (κ2) is 14.2. The first-order valence-corrected chi connectivity index (χ1v) is 19.8. The number of anilines is 6. The third-order valence-electron chi connectivity index (χ3n) is 11.5. The molecule has 0 saturated heterocycles. The van der Waals surface area contributed by atoms with Crippen molar-refractivity contribution in [2.45, 2.75) is 0 Å². The van der Waals surface area contributed by atoms with Crippen molar-refractivity contribution in [1.82, 2.24) is 0 Å². The first kappa shape index (κ1) is 35.8. The van der Waals surface area contributed by atoms with Crippen LogP contribution in [-0.2, 0) is 0 Å². The topological polar surface area (TPSA) is 108 Å². The summed E-state index contributed by atoms with van der Waals surface area (Å²) in [4.78, 5) is 7.88. The number of hydrogen-bond donors (Lipinski definition) is 0. The van der Waals surface area contributed by atoms with Crippen molar-refractivity contribution in [2.24, 2.45) is 0 Å². The van der Waals surface area contributed by atoms with Gasteiger partial charge in [0.2, 0.25) is 0 Å². The molecule has 2 heterocycles. The minimum absolute atomic E-state index is 0.540. The molecule has 0 fully saturated rings. The lowest BCUT2D eigenvalue weighted by Gasteiger charge is -2.27. The summed E-state index contributed by atoms with van der Waals surface area (Å²) in [5.41, 5.74) is 10.2. The minimum atomic E-state index is 0.540. The molecule has 2 aromatic heterocycles. The Morgan fingerprint density at radius 3 is 1.06 bits per heavy atom. The van der Waals surface area contributed by atoms with Gasteiger partial charge in [0.15, 0.2) is 5.69 Å². The maximum absolute atomic E-state index is 9.61. The molecule has 0 aliphatic heterocycles. The quantitative estimate of drug-likeness (QED) is 0.154. The van der Waals surface area contributed by atoms with Crippen molar-refractivity contribution >= 4 is 105 Å². The number of nitrogens with zero attached hydrogens (tertiary/aromatic N) is 6. The lowest BCUT2D eigenvalue weighted by molar-refractivity contribution is 0.663. The monoisotopic (exact) mass is 792 g/mol. The molecule has 0 saturated carbocycles. The summed E-state index contributed by atoms with van der Waals surface area (Å²) in [7, 11) is 0. The fourth-order valence-corrected chi connectivity index (χ4v) is 8.76. The van der Waals surface area contributed by atoms with Gasteiger partial charge in [-0.05, 0) is 108 Å². The Hall–Kier alpha value is -9.34. The van der Waals surface area contributed by atoms with Gasteiger partial charge in [0, 0.05) is 67.2 Å². The van der Waals surface area contributed by atoms with Crippen LogP contribution >= 0.6 is 0 Å². The van der Waals surface area contributed by atoms with Crippen molar-refractivity contribution in [3.63, 3.8) is 0 Å². The van der Waals surface area contributed by atoms with Crippen LogP contribution in [0.2, 0.25) is 0 Å². The van der Waals surface area contributed by atoms with Gasteiger partial charge in [0.25, 0.3) is 0 Å². The average molecular weight is 793 g/mol. The van der Waals surface area contributed by atoms with E-state index in [4.69, 9.17) is 15.4 Å². The molecule has 0 amide bonds. The Morgan fingerprint density at radius 1 is 0.387 bits per heavy atom. The smallest absolute Gasteiger partial charge is 0.187 e. The van der Waals surface area contributed by atoms with Crippen molar-refractivity contribution in [1.29, 1.82) is 15.8 Å². The van der Waals surface area contributed by atoms with E-state index in [1.54, 1.807) is 24.3 Å². The number of furan rings is 2. The van der Waals surface area contributed by atoms with Gasteiger partial charge in [-0.3, -0.25) is 0 Å². The largest absolute Gasteiger partial charge is 0.456 e. The molecular weight excluding hydrogens is 765 g/mol. The summed E-state index contributed by atoms with van der Waals surface area (Å²) in [5, 5.41) is 36.6. The summed E-state index contributed by atoms with van der Waals surface area (Å²) in [6, 6.07) is 61.3. The molecule has 0 N–H and O–H groups in total. The molecule has 0 atom stereocenters. The van der Waals surface area contributed by atoms with E-state index >= 15 is 0 Å². The highest BCUT2D eigenvalue weighted by Gasteiger charge is 2.25. The average Bonchev–Trinajstić information content (AvgIpc) is 3.91. The molecule has 0 aliphatic rings. The molecule has 8 heteroatoms. The zero-order valence-electron chi connectivity index (χ0n) is 32.7. The molecule has 0 spiro atoms. The molecule has 62 heavy (non-hydrogen) atoms. The third kappa shape index (κ3) is 5.58. The second-order valence-corrected chi connectivity index (χ2v) is 14.9. The summed E-state index contributed by atoms with van der Waals surface area (Å²) in [6.07, 6.45) is 0. The van der Waals surface area contributed by atoms with Crippen LogP contribution in [0.3, 0.4) is 0 Å². The predicted octanol–water partition coefficient (Wildman–Crippen LogP) is 14.9. The fraction of sp³-hybridized carbons (Fsp3) is 0. The van der Waals surface area contributed by atoms with E-state index in [-0.39, 0.29) is 0 Å². The molecule has 0 unspecified atom stereocenters. The maximum atomic E-state index is 9.61. The van der Waals surface area contributed by atoms with Gasteiger partial charge in [-0.2, -0.15) is 15.8 Å². The molecule has 0 bridgehead atoms. The summed E-state index contributed by atoms with van der Waals surface area (Å²) >= 11 is 0. The van der Waals surface area contributed by atoms with E-state index in [2.05, 4.69) is 69.3 Å². The van der Waals surface area contributed by atoms with Gasteiger partial charge in [-0.25, -0.2) is 4.85 Å². The zero-order chi connectivity index (χ0) is 41.9. The second-order valence-electron chi connectivity index (χ2n) is 14.9. The van der Waals surface area contributed by atoms with Gasteiger partial charge in [-0.15, -0.1) is 0 Å². The van der Waals surface area contributed by atoms with Crippen molar-refractivity contribution in [3.05, 3.63) is 198 Å². The molecule has 9 aromatic carbocycles. The Morgan fingerprint density at radius 2 is 0.726 bits per heavy atom. The highest BCUT2D eigenvalue weighted by molar-refractivity contribution is 6.35. The molecule has 0 radical (unpaired) electrons. The van der Waals surface area contributed by atoms with Crippen LogP contribution in [0.15, 0.2) is 179 Å². The fourth-order valence-electron chi connectivity index (χ4n) is 8.76. The van der Waals surface area contributed by atoms with E-state index in [0.29, 0.717) is 44.7 Å². The first-order valence-electron chi connectivity index (χ1n) is 19.8. The highest BCUT2D eigenvalue weighted by Crippen LogP contribution is 2.50. The molecule has 11 rings (SSSR count). The van der Waals surface area contributed by atoms with Gasteiger partial charge < -0.3 is 18.6 Å². The minimum Gasteiger partial charge on any atom is -0.456 e. The van der Waals surface area contributed by atoms with Crippen LogP contribution in [0.1, 0.15) is 16.7 Å². The van der Waals surface area contributed by atoms with Crippen molar-refractivity contribution in [2.75, 3.05) is 9.80 Å². The number of hydrogen-bond acceptors (Lipinski definition) is 7. The molecule has 286 valence electrons. The molecule has 8 nitrogen and oxygen atoms in total. The maximum Gasteiger partial charge on any atom is 0.187 e. The highest BCUT2D eigenvalue weighted by atomic mass is 16.3. The number of benzene rings is 9. The number of nitriles is 3. The molecule has 11 aromatic rings. The normalized spacial score (nSPS) is 11.2. The summed E-state index contributed by atoms with van der Waals surface area (Å²) in [6.45, 7) is 7.55. The number of fused-ring (bicyclic) bond motifs is 11. The van der Waals surface area contributed by atoms with Crippen molar-refractivity contribution < 1.29 is 8.83 Å². The first-order chi connectivity index (χ1) is 30.5. The van der Waals surface area contributed by atoms with Crippen LogP contribution in [0, 0.1) is 40.6 Å². The van der Waals surface area contributed by atoms with Gasteiger partial charge >= 0.3 is 0 Å². The summed E-state index contributed by atoms with van der Waals surface area (Å²) in [5.74, 6) is 0. The van der Waals surface area contributed by atoms with Crippen LogP contribution in [0.5, 0.6) is 0 Å². The number of rotatable bonds is 6. The van der Waals surface area contributed by atoms with Gasteiger partial charge in [0.05, 0.1) is 52.8 Å². The lowest BCUT2D eigenvalue weighted by Crippen LogP contribution is -2.10. The van der Waals surface area contributed by atoms with Crippen LogP contribution < -0.4 is 9.80 Å². The standard InChI is InChI=1S/C54H28N6O2/c1-58-36-16-24-40(25-17-36)60(39-22-14-35(32-57)15-23-39)46-29-50-52(44-9-5-3-7-42(44)46)54-48(62-50)27-26-47-53(54)51-43-8-4-2-6-41(43)45(28-49(51)61-47)59(37-18-10-33(30-55)11-19-37)38-20-12-34(31-56)13-21-38/h2-29H. The predicted molar refractivity (Wildman–Crippen MR) is 246 cm³/mol. The van der Waals surface area contributed by atoms with Crippen LogP contribution in [0.25, 0.3) is 70.3 Å². The Balaban J connectivity index is 1.19. The van der Waals surface area contributed by atoms with E-state index < -0.39 is 0 Å². The van der Waals surface area contributed by atoms with Gasteiger partial charge in [-0.1, -0.05) is 60.7 Å². The Labute approximate surface area is 354 Å². The van der Waals surface area contributed by atoms with E-state index in [1.165, 1.54) is 0 Å². The zero-order valence-corrected chi connectivity index (χ0v) is 32.7. The Bertz CT molecular complexity index is 3410. The van der Waals surface area contributed by atoms with Crippen LogP contribution in [0.4, 0.5) is 39.8 Å². The van der Waals surface area contributed by atoms with Crippen LogP contribution in [-0.4, -0.2) is 0 Å². The third-order valence-corrected chi connectivity index (χ3v) is 11.5. The van der Waals surface area contributed by atoms with E-state index in [0.717, 1.165) is 77.2 Å². The lowest BCUT2D eigenvalue weighted by atomic mass is 9.96. The molecular formula is C54H28N6O2. The van der Waals surface area contributed by atoms with E-state index in [1.807, 2.05) is 109 Å². The van der Waals surface area contributed by atoms with Crippen molar-refractivity contribution in [3.8, 4) is 18.2 Å². The SMILES string of the molecule is [C-]#[N+]c1ccc(N(c2ccc(C#N)cc2)c2cc3oc4ccc5oc6cc(N(c7ccc(C#N)cc7)c7ccc(C#N)cc7)c7ccccc7c6c5c4c3c3ccccc23)cc1. The van der Waals surface area contributed by atoms with Gasteiger partial charge in [0.1, 0.15) is 22.3 Å².